The Balaban J connectivity index is 2.13. The van der Waals surface area contributed by atoms with Crippen molar-refractivity contribution in [2.45, 2.75) is 0 Å². The van der Waals surface area contributed by atoms with Crippen molar-refractivity contribution in [3.8, 4) is 5.75 Å². The van der Waals surface area contributed by atoms with E-state index in [1.165, 1.54) is 25.4 Å². The number of carbonyl (C=O) groups is 2. The van der Waals surface area contributed by atoms with Gasteiger partial charge in [0.15, 0.2) is 0 Å². The van der Waals surface area contributed by atoms with Crippen LogP contribution < -0.4 is 10.6 Å². The lowest BCUT2D eigenvalue weighted by atomic mass is 10.2. The maximum atomic E-state index is 12.1. The minimum absolute atomic E-state index is 0.0329. The second-order valence-corrected chi connectivity index (χ2v) is 4.56. The summed E-state index contributed by atoms with van der Waals surface area (Å²) < 4.78 is 4.65. The number of nitrogens with one attached hydrogen (secondary N) is 2. The van der Waals surface area contributed by atoms with Gasteiger partial charge in [0, 0.05) is 17.5 Å². The molecule has 2 aromatic carbocycles. The molecule has 0 saturated carbocycles. The standard InChI is InChI=1S/C17H16N2O4/c1-23-17(22)15(11-18-13-7-9-14(20)10-8-13)19-16(21)12-5-3-2-4-6-12/h2-11,18,20H,1H3,(H,19,21)/b15-11-. The molecule has 0 aliphatic carbocycles. The quantitative estimate of drug-likeness (QED) is 0.448. The SMILES string of the molecule is COC(=O)/C(=C/Nc1ccc(O)cc1)NC(=O)c1ccccc1. The number of anilines is 1. The lowest BCUT2D eigenvalue weighted by Crippen LogP contribution is -2.28. The summed E-state index contributed by atoms with van der Waals surface area (Å²) in [6.07, 6.45) is 1.33. The first kappa shape index (κ1) is 16.1. The molecule has 0 aromatic heterocycles. The molecule has 0 saturated heterocycles. The van der Waals surface area contributed by atoms with Crippen LogP contribution in [0.3, 0.4) is 0 Å². The third-order valence-electron chi connectivity index (χ3n) is 2.94. The molecule has 0 aliphatic rings. The van der Waals surface area contributed by atoms with Crippen molar-refractivity contribution in [2.75, 3.05) is 12.4 Å². The van der Waals surface area contributed by atoms with Gasteiger partial charge in [-0.3, -0.25) is 4.79 Å². The number of phenolic OH excluding ortho intramolecular Hbond substituents is 1. The van der Waals surface area contributed by atoms with Crippen LogP contribution in [0.4, 0.5) is 5.69 Å². The van der Waals surface area contributed by atoms with E-state index in [0.717, 1.165) is 0 Å². The number of rotatable bonds is 5. The van der Waals surface area contributed by atoms with Gasteiger partial charge in [0.1, 0.15) is 11.4 Å². The number of ether oxygens (including phenoxy) is 1. The summed E-state index contributed by atoms with van der Waals surface area (Å²) in [5.41, 5.74) is 1.03. The number of carbonyl (C=O) groups excluding carboxylic acids is 2. The van der Waals surface area contributed by atoms with Crippen LogP contribution in [-0.4, -0.2) is 24.1 Å². The van der Waals surface area contributed by atoms with Gasteiger partial charge in [0.05, 0.1) is 7.11 Å². The van der Waals surface area contributed by atoms with Gasteiger partial charge in [-0.1, -0.05) is 18.2 Å². The smallest absolute Gasteiger partial charge is 0.356 e. The van der Waals surface area contributed by atoms with Gasteiger partial charge in [-0.25, -0.2) is 4.79 Å². The minimum Gasteiger partial charge on any atom is -0.508 e. The van der Waals surface area contributed by atoms with Crippen LogP contribution in [0.5, 0.6) is 5.75 Å². The van der Waals surface area contributed by atoms with E-state index in [1.807, 2.05) is 0 Å². The number of phenols is 1. The second-order valence-electron chi connectivity index (χ2n) is 4.56. The maximum Gasteiger partial charge on any atom is 0.356 e. The predicted molar refractivity (Wildman–Crippen MR) is 85.7 cm³/mol. The normalized spacial score (nSPS) is 10.7. The Kier molecular flexibility index (Phi) is 5.35. The number of amides is 1. The van der Waals surface area contributed by atoms with Gasteiger partial charge in [0.25, 0.3) is 5.91 Å². The summed E-state index contributed by atoms with van der Waals surface area (Å²) in [5.74, 6) is -0.972. The summed E-state index contributed by atoms with van der Waals surface area (Å²) in [7, 11) is 1.23. The first-order chi connectivity index (χ1) is 11.1. The van der Waals surface area contributed by atoms with Crippen LogP contribution in [0.25, 0.3) is 0 Å². The highest BCUT2D eigenvalue weighted by Gasteiger charge is 2.14. The largest absolute Gasteiger partial charge is 0.508 e. The van der Waals surface area contributed by atoms with Gasteiger partial charge in [0.2, 0.25) is 0 Å². The Hall–Kier alpha value is -3.28. The Morgan fingerprint density at radius 1 is 1.04 bits per heavy atom. The fourth-order valence-electron chi connectivity index (χ4n) is 1.75. The summed E-state index contributed by atoms with van der Waals surface area (Å²) >= 11 is 0. The fraction of sp³-hybridized carbons (Fsp3) is 0.0588. The monoisotopic (exact) mass is 312 g/mol. The van der Waals surface area contributed by atoms with E-state index >= 15 is 0 Å². The molecule has 118 valence electrons. The molecule has 1 amide bonds. The van der Waals surface area contributed by atoms with Crippen LogP contribution in [-0.2, 0) is 9.53 Å². The summed E-state index contributed by atoms with van der Waals surface area (Å²) in [6.45, 7) is 0. The van der Waals surface area contributed by atoms with Crippen LogP contribution in [0.1, 0.15) is 10.4 Å². The van der Waals surface area contributed by atoms with Gasteiger partial charge in [-0.15, -0.1) is 0 Å². The molecule has 2 rings (SSSR count). The van der Waals surface area contributed by atoms with Crippen molar-refractivity contribution < 1.29 is 19.4 Å². The van der Waals surface area contributed by atoms with Gasteiger partial charge >= 0.3 is 5.97 Å². The molecule has 0 spiro atoms. The highest BCUT2D eigenvalue weighted by Crippen LogP contribution is 2.14. The van der Waals surface area contributed by atoms with Crippen molar-refractivity contribution in [2.24, 2.45) is 0 Å². The molecule has 0 radical (unpaired) electrons. The third-order valence-corrected chi connectivity index (χ3v) is 2.94. The number of esters is 1. The highest BCUT2D eigenvalue weighted by molar-refractivity contribution is 6.01. The van der Waals surface area contributed by atoms with Gasteiger partial charge in [-0.2, -0.15) is 0 Å². The van der Waals surface area contributed by atoms with Gasteiger partial charge < -0.3 is 20.5 Å². The molecule has 0 fully saturated rings. The molecule has 6 nitrogen and oxygen atoms in total. The minimum atomic E-state index is -0.680. The van der Waals surface area contributed by atoms with Crippen LogP contribution in [0, 0.1) is 0 Å². The Labute approximate surface area is 133 Å². The van der Waals surface area contributed by atoms with E-state index < -0.39 is 11.9 Å². The molecule has 0 unspecified atom stereocenters. The average Bonchev–Trinajstić information content (AvgIpc) is 2.59. The lowest BCUT2D eigenvalue weighted by molar-refractivity contribution is -0.136. The van der Waals surface area contributed by atoms with E-state index in [1.54, 1.807) is 42.5 Å². The van der Waals surface area contributed by atoms with E-state index in [0.29, 0.717) is 11.3 Å². The molecule has 6 heteroatoms. The van der Waals surface area contributed by atoms with E-state index in [2.05, 4.69) is 15.4 Å². The molecule has 23 heavy (non-hydrogen) atoms. The maximum absolute atomic E-state index is 12.1. The molecule has 2 aromatic rings. The molecule has 3 N–H and O–H groups in total. The zero-order chi connectivity index (χ0) is 16.7. The number of hydrogen-bond acceptors (Lipinski definition) is 5. The zero-order valence-corrected chi connectivity index (χ0v) is 12.4. The number of methoxy groups -OCH3 is 1. The first-order valence-electron chi connectivity index (χ1n) is 6.80. The molecule has 0 heterocycles. The van der Waals surface area contributed by atoms with Crippen molar-refractivity contribution in [1.82, 2.24) is 5.32 Å². The van der Waals surface area contributed by atoms with Crippen molar-refractivity contribution >= 4 is 17.6 Å². The summed E-state index contributed by atoms with van der Waals surface area (Å²) in [6, 6.07) is 14.8. The third kappa shape index (κ3) is 4.60. The Morgan fingerprint density at radius 2 is 1.70 bits per heavy atom. The molecule has 0 aliphatic heterocycles. The van der Waals surface area contributed by atoms with Crippen molar-refractivity contribution in [3.63, 3.8) is 0 Å². The van der Waals surface area contributed by atoms with Crippen LogP contribution >= 0.6 is 0 Å². The van der Waals surface area contributed by atoms with E-state index in [-0.39, 0.29) is 11.4 Å². The fourth-order valence-corrected chi connectivity index (χ4v) is 1.75. The summed E-state index contributed by atoms with van der Waals surface area (Å²) in [4.78, 5) is 23.9. The average molecular weight is 312 g/mol. The van der Waals surface area contributed by atoms with E-state index in [4.69, 9.17) is 0 Å². The van der Waals surface area contributed by atoms with Crippen LogP contribution in [0.15, 0.2) is 66.5 Å². The van der Waals surface area contributed by atoms with Crippen LogP contribution in [0.2, 0.25) is 0 Å². The highest BCUT2D eigenvalue weighted by atomic mass is 16.5. The molecular formula is C17H16N2O4. The second kappa shape index (κ2) is 7.65. The van der Waals surface area contributed by atoms with Gasteiger partial charge in [-0.05, 0) is 36.4 Å². The first-order valence-corrected chi connectivity index (χ1v) is 6.80. The lowest BCUT2D eigenvalue weighted by Gasteiger charge is -2.09. The zero-order valence-electron chi connectivity index (χ0n) is 12.4. The molecule has 0 bridgehead atoms. The Morgan fingerprint density at radius 3 is 2.30 bits per heavy atom. The summed E-state index contributed by atoms with van der Waals surface area (Å²) in [5, 5.41) is 14.6. The van der Waals surface area contributed by atoms with E-state index in [9.17, 15) is 14.7 Å². The Bertz CT molecular complexity index is 709. The number of hydrogen-bond donors (Lipinski definition) is 3. The molecule has 0 atom stereocenters. The van der Waals surface area contributed by atoms with Crippen molar-refractivity contribution in [1.29, 1.82) is 0 Å². The van der Waals surface area contributed by atoms with Crippen molar-refractivity contribution in [3.05, 3.63) is 72.1 Å². The number of aromatic hydroxyl groups is 1. The molecular weight excluding hydrogens is 296 g/mol. The topological polar surface area (TPSA) is 87.7 Å². The number of benzene rings is 2. The predicted octanol–water partition coefficient (Wildman–Crippen LogP) is 2.25.